The molecule has 0 heterocycles. The first-order valence-corrected chi connectivity index (χ1v) is 10.1. The fraction of sp³-hybridized carbons (Fsp3) is 0. The van der Waals surface area contributed by atoms with E-state index in [0.29, 0.717) is 0 Å². The van der Waals surface area contributed by atoms with Crippen molar-refractivity contribution < 1.29 is 40.1 Å². The minimum atomic E-state index is -2.13. The SMILES string of the molecule is O.O.O.O.[Cl][Zr]([Cl])[Cl]. The van der Waals surface area contributed by atoms with Gasteiger partial charge in [0.1, 0.15) is 0 Å². The Bertz CT molecular complexity index is 16.0. The predicted molar refractivity (Wildman–Crippen MR) is 32.0 cm³/mol. The van der Waals surface area contributed by atoms with Gasteiger partial charge in [0.05, 0.1) is 0 Å². The summed E-state index contributed by atoms with van der Waals surface area (Å²) in [6.45, 7) is 0. The van der Waals surface area contributed by atoms with E-state index in [9.17, 15) is 0 Å². The molecule has 0 radical (unpaired) electrons. The molecule has 0 saturated heterocycles. The predicted octanol–water partition coefficient (Wildman–Crippen LogP) is -1.23. The van der Waals surface area contributed by atoms with Gasteiger partial charge in [-0.3, -0.25) is 0 Å². The van der Waals surface area contributed by atoms with Crippen LogP contribution in [0.4, 0.5) is 0 Å². The van der Waals surface area contributed by atoms with Gasteiger partial charge in [0.2, 0.25) is 0 Å². The van der Waals surface area contributed by atoms with E-state index in [0.717, 1.165) is 0 Å². The third kappa shape index (κ3) is 130. The van der Waals surface area contributed by atoms with Crippen molar-refractivity contribution in [2.24, 2.45) is 0 Å². The zero-order chi connectivity index (χ0) is 3.58. The zero-order valence-corrected chi connectivity index (χ0v) is 8.36. The van der Waals surface area contributed by atoms with Crippen molar-refractivity contribution in [3.05, 3.63) is 0 Å². The third-order valence-electron chi connectivity index (χ3n) is 0. The topological polar surface area (TPSA) is 126 Å². The molecule has 0 rings (SSSR count). The molecule has 8 N–H and O–H groups in total. The number of hydrogen-bond donors (Lipinski definition) is 0. The van der Waals surface area contributed by atoms with Gasteiger partial charge < -0.3 is 21.9 Å². The summed E-state index contributed by atoms with van der Waals surface area (Å²) in [7, 11) is 15.0. The Kier molecular flexibility index (Phi) is 98.6. The first-order valence-electron chi connectivity index (χ1n) is 0.567. The van der Waals surface area contributed by atoms with Gasteiger partial charge in [0, 0.05) is 0 Å². The molecule has 8 heteroatoms. The van der Waals surface area contributed by atoms with Gasteiger partial charge in [-0.1, -0.05) is 0 Å². The maximum atomic E-state index is 5.00. The van der Waals surface area contributed by atoms with Crippen LogP contribution in [0.3, 0.4) is 0 Å². The van der Waals surface area contributed by atoms with Crippen LogP contribution in [-0.4, -0.2) is 21.9 Å². The van der Waals surface area contributed by atoms with Crippen LogP contribution in [0.2, 0.25) is 0 Å². The molecule has 0 aliphatic rings. The van der Waals surface area contributed by atoms with Crippen molar-refractivity contribution in [3.8, 4) is 0 Å². The number of rotatable bonds is 0. The van der Waals surface area contributed by atoms with Crippen molar-refractivity contribution in [2.75, 3.05) is 0 Å². The van der Waals surface area contributed by atoms with Crippen molar-refractivity contribution in [1.82, 2.24) is 0 Å². The van der Waals surface area contributed by atoms with Crippen LogP contribution in [0.25, 0.3) is 0 Å². The Balaban J connectivity index is -0.00000000750. The summed E-state index contributed by atoms with van der Waals surface area (Å²) in [5, 5.41) is 0. The van der Waals surface area contributed by atoms with Crippen LogP contribution in [-0.2, 0) is 18.2 Å². The van der Waals surface area contributed by atoms with Gasteiger partial charge in [-0.05, 0) is 0 Å². The molecule has 0 aromatic heterocycles. The molecule has 0 aromatic carbocycles. The first kappa shape index (κ1) is 33.6. The standard InChI is InChI=1S/3ClH.4H2O.Zr/h3*1H;4*1H2;/q;;;;;;;+3/p-3. The quantitative estimate of drug-likeness (QED) is 0.522. The average molecular weight is 270 g/mol. The number of hydrogen-bond acceptors (Lipinski definition) is 0. The van der Waals surface area contributed by atoms with Gasteiger partial charge in [-0.25, -0.2) is 0 Å². The van der Waals surface area contributed by atoms with E-state index in [2.05, 4.69) is 0 Å². The van der Waals surface area contributed by atoms with E-state index in [4.69, 9.17) is 25.5 Å². The molecule has 0 aromatic rings. The second-order valence-electron chi connectivity index (χ2n) is 0.214. The van der Waals surface area contributed by atoms with Crippen molar-refractivity contribution in [2.45, 2.75) is 0 Å². The molecule has 4 nitrogen and oxygen atoms in total. The van der Waals surface area contributed by atoms with Gasteiger partial charge in [-0.15, -0.1) is 0 Å². The molecule has 0 atom stereocenters. The van der Waals surface area contributed by atoms with E-state index in [1.165, 1.54) is 0 Å². The van der Waals surface area contributed by atoms with Gasteiger partial charge in [0.25, 0.3) is 0 Å². The molecule has 0 unspecified atom stereocenters. The molecular weight excluding hydrogens is 262 g/mol. The van der Waals surface area contributed by atoms with Crippen LogP contribution >= 0.6 is 25.5 Å². The van der Waals surface area contributed by atoms with Crippen LogP contribution in [0.5, 0.6) is 0 Å². The Morgan fingerprint density at radius 3 is 0.625 bits per heavy atom. The summed E-state index contributed by atoms with van der Waals surface area (Å²) in [5.41, 5.74) is 0. The Labute approximate surface area is 65.3 Å². The fourth-order valence-electron chi connectivity index (χ4n) is 0. The molecule has 0 aliphatic heterocycles. The molecule has 0 bridgehead atoms. The summed E-state index contributed by atoms with van der Waals surface area (Å²) < 4.78 is 0. The second-order valence-corrected chi connectivity index (χ2v) is 11.4. The van der Waals surface area contributed by atoms with E-state index in [-0.39, 0.29) is 21.9 Å². The zero-order valence-electron chi connectivity index (χ0n) is 3.63. The molecule has 0 spiro atoms. The minimum absolute atomic E-state index is 0. The Hall–Kier alpha value is 1.59. The van der Waals surface area contributed by atoms with Gasteiger partial charge >= 0.3 is 43.7 Å². The molecular formula is H8Cl3O4Zr. The third-order valence-corrected chi connectivity index (χ3v) is 0. The summed E-state index contributed by atoms with van der Waals surface area (Å²) in [6, 6.07) is 0. The second kappa shape index (κ2) is 23.5. The van der Waals surface area contributed by atoms with E-state index in [1.54, 1.807) is 0 Å². The van der Waals surface area contributed by atoms with E-state index < -0.39 is 18.2 Å². The van der Waals surface area contributed by atoms with Gasteiger partial charge in [0.15, 0.2) is 0 Å². The summed E-state index contributed by atoms with van der Waals surface area (Å²) in [6.07, 6.45) is 0. The maximum absolute atomic E-state index is 5.00. The first-order chi connectivity index (χ1) is 1.73. The molecule has 0 aliphatic carbocycles. The normalized spacial score (nSPS) is 3.38. The number of halogens is 3. The van der Waals surface area contributed by atoms with Crippen LogP contribution in [0.1, 0.15) is 0 Å². The molecule has 0 saturated carbocycles. The van der Waals surface area contributed by atoms with Crippen molar-refractivity contribution >= 4 is 25.5 Å². The molecule has 8 heavy (non-hydrogen) atoms. The summed E-state index contributed by atoms with van der Waals surface area (Å²) in [5.74, 6) is 0. The fourth-order valence-corrected chi connectivity index (χ4v) is 0. The Morgan fingerprint density at radius 2 is 0.625 bits per heavy atom. The average Bonchev–Trinajstić information content (AvgIpc) is 0.811. The van der Waals surface area contributed by atoms with E-state index in [1.807, 2.05) is 0 Å². The van der Waals surface area contributed by atoms with Crippen LogP contribution in [0.15, 0.2) is 0 Å². The molecule has 57 valence electrons. The Morgan fingerprint density at radius 1 is 0.625 bits per heavy atom. The summed E-state index contributed by atoms with van der Waals surface area (Å²) >= 11 is -2.13. The van der Waals surface area contributed by atoms with Crippen molar-refractivity contribution in [1.29, 1.82) is 0 Å². The molecule has 0 amide bonds. The van der Waals surface area contributed by atoms with Crippen LogP contribution in [0, 0.1) is 0 Å². The van der Waals surface area contributed by atoms with Gasteiger partial charge in [-0.2, -0.15) is 0 Å². The monoisotopic (exact) mass is 267 g/mol. The van der Waals surface area contributed by atoms with E-state index >= 15 is 0 Å². The molecule has 0 fully saturated rings. The summed E-state index contributed by atoms with van der Waals surface area (Å²) in [4.78, 5) is 0. The van der Waals surface area contributed by atoms with Crippen molar-refractivity contribution in [3.63, 3.8) is 0 Å². The van der Waals surface area contributed by atoms with Crippen LogP contribution < -0.4 is 0 Å².